The number of carbonyl (C=O) groups excluding carboxylic acids is 3. The number of aromatic nitrogens is 2. The number of anilines is 1. The van der Waals surface area contributed by atoms with E-state index in [1.807, 2.05) is 0 Å². The van der Waals surface area contributed by atoms with Gasteiger partial charge in [0.2, 0.25) is 11.8 Å². The van der Waals surface area contributed by atoms with Crippen molar-refractivity contribution in [3.63, 3.8) is 0 Å². The van der Waals surface area contributed by atoms with Crippen LogP contribution >= 0.6 is 0 Å². The number of urea groups is 1. The lowest BCUT2D eigenvalue weighted by Gasteiger charge is -2.33. The van der Waals surface area contributed by atoms with E-state index in [0.717, 1.165) is 12.8 Å². The first-order valence-electron chi connectivity index (χ1n) is 11.1. The Hall–Kier alpha value is -4.13. The van der Waals surface area contributed by atoms with E-state index in [0.29, 0.717) is 54.5 Å². The lowest BCUT2D eigenvalue weighted by atomic mass is 10.1. The first kappa shape index (κ1) is 23.0. The van der Waals surface area contributed by atoms with Crippen molar-refractivity contribution < 1.29 is 14.4 Å². The summed E-state index contributed by atoms with van der Waals surface area (Å²) in [5.74, 6) is 2.60. The highest BCUT2D eigenvalue weighted by Crippen LogP contribution is 2.33. The Labute approximate surface area is 196 Å². The zero-order valence-electron chi connectivity index (χ0n) is 18.9. The molecule has 1 saturated heterocycles. The number of nitrogens with one attached hydrogen (secondary N) is 1. The topological polar surface area (TPSA) is 131 Å². The SMILES string of the molecule is C#Cc1ccc(-c2cc(=O)n(CC(=O)N3CCN(C(N)=O)CC3)c(C)n2)c(NC(=O)C2CC2)c1. The molecule has 3 N–H and O–H groups in total. The molecule has 34 heavy (non-hydrogen) atoms. The van der Waals surface area contributed by atoms with Crippen LogP contribution in [0.2, 0.25) is 0 Å². The number of rotatable bonds is 5. The molecular formula is C24H26N6O4. The average Bonchev–Trinajstić information content (AvgIpc) is 3.67. The van der Waals surface area contributed by atoms with Crippen LogP contribution in [0.1, 0.15) is 24.2 Å². The van der Waals surface area contributed by atoms with Crippen molar-refractivity contribution in [3.8, 4) is 23.6 Å². The summed E-state index contributed by atoms with van der Waals surface area (Å²) in [7, 11) is 0. The summed E-state index contributed by atoms with van der Waals surface area (Å²) in [6.45, 7) is 2.92. The summed E-state index contributed by atoms with van der Waals surface area (Å²) in [5.41, 5.74) is 6.96. The molecule has 10 nitrogen and oxygen atoms in total. The second-order valence-corrected chi connectivity index (χ2v) is 8.49. The number of primary amides is 1. The van der Waals surface area contributed by atoms with Crippen LogP contribution in [0.5, 0.6) is 0 Å². The Morgan fingerprint density at radius 1 is 1.15 bits per heavy atom. The Morgan fingerprint density at radius 2 is 1.82 bits per heavy atom. The zero-order valence-corrected chi connectivity index (χ0v) is 18.9. The predicted octanol–water partition coefficient (Wildman–Crippen LogP) is 0.771. The first-order valence-corrected chi connectivity index (χ1v) is 11.1. The van der Waals surface area contributed by atoms with Crippen molar-refractivity contribution >= 4 is 23.5 Å². The van der Waals surface area contributed by atoms with Crippen molar-refractivity contribution in [2.24, 2.45) is 11.7 Å². The van der Waals surface area contributed by atoms with E-state index in [1.54, 1.807) is 30.0 Å². The summed E-state index contributed by atoms with van der Waals surface area (Å²) in [4.78, 5) is 56.9. The predicted molar refractivity (Wildman–Crippen MR) is 126 cm³/mol. The fourth-order valence-electron chi connectivity index (χ4n) is 3.90. The summed E-state index contributed by atoms with van der Waals surface area (Å²) in [6.07, 6.45) is 7.23. The van der Waals surface area contributed by atoms with Crippen LogP contribution in [0.4, 0.5) is 10.5 Å². The first-order chi connectivity index (χ1) is 16.3. The van der Waals surface area contributed by atoms with Crippen LogP contribution in [-0.2, 0) is 16.1 Å². The Morgan fingerprint density at radius 3 is 2.41 bits per heavy atom. The number of hydrogen-bond acceptors (Lipinski definition) is 5. The maximum Gasteiger partial charge on any atom is 0.314 e. The molecule has 2 aliphatic rings. The quantitative estimate of drug-likeness (QED) is 0.634. The van der Waals surface area contributed by atoms with Gasteiger partial charge in [-0.2, -0.15) is 0 Å². The van der Waals surface area contributed by atoms with Gasteiger partial charge in [-0.1, -0.05) is 5.92 Å². The minimum Gasteiger partial charge on any atom is -0.351 e. The fraction of sp³-hybridized carbons (Fsp3) is 0.375. The molecule has 2 fully saturated rings. The molecule has 0 spiro atoms. The second-order valence-electron chi connectivity index (χ2n) is 8.49. The van der Waals surface area contributed by atoms with Gasteiger partial charge in [-0.25, -0.2) is 9.78 Å². The summed E-state index contributed by atoms with van der Waals surface area (Å²) in [6, 6.07) is 5.98. The third kappa shape index (κ3) is 4.93. The third-order valence-corrected chi connectivity index (χ3v) is 6.10. The number of benzene rings is 1. The van der Waals surface area contributed by atoms with Gasteiger partial charge in [-0.15, -0.1) is 6.42 Å². The van der Waals surface area contributed by atoms with Crippen molar-refractivity contribution in [3.05, 3.63) is 46.0 Å². The number of carbonyl (C=O) groups is 3. The van der Waals surface area contributed by atoms with Crippen LogP contribution in [0, 0.1) is 25.2 Å². The molecule has 2 heterocycles. The normalized spacial score (nSPS) is 15.5. The van der Waals surface area contributed by atoms with Crippen molar-refractivity contribution in [2.45, 2.75) is 26.3 Å². The van der Waals surface area contributed by atoms with Gasteiger partial charge in [0.1, 0.15) is 12.4 Å². The molecule has 2 aromatic rings. The molecule has 4 rings (SSSR count). The highest BCUT2D eigenvalue weighted by Gasteiger charge is 2.30. The molecule has 176 valence electrons. The van der Waals surface area contributed by atoms with E-state index in [-0.39, 0.29) is 29.8 Å². The van der Waals surface area contributed by atoms with Crippen LogP contribution in [0.25, 0.3) is 11.3 Å². The minimum atomic E-state index is -0.512. The van der Waals surface area contributed by atoms with Crippen molar-refractivity contribution in [1.82, 2.24) is 19.4 Å². The van der Waals surface area contributed by atoms with Crippen LogP contribution in [-0.4, -0.2) is 63.4 Å². The number of nitrogens with two attached hydrogens (primary N) is 1. The molecule has 1 aromatic carbocycles. The average molecular weight is 463 g/mol. The summed E-state index contributed by atoms with van der Waals surface area (Å²) < 4.78 is 1.31. The molecule has 1 aliphatic heterocycles. The number of piperazine rings is 1. The van der Waals surface area contributed by atoms with E-state index < -0.39 is 6.03 Å². The number of terminal acetylenes is 1. The highest BCUT2D eigenvalue weighted by atomic mass is 16.2. The van der Waals surface area contributed by atoms with Gasteiger partial charge in [0.05, 0.1) is 11.4 Å². The zero-order chi connectivity index (χ0) is 24.4. The fourth-order valence-corrected chi connectivity index (χ4v) is 3.90. The molecule has 1 aliphatic carbocycles. The van der Waals surface area contributed by atoms with Gasteiger partial charge in [-0.3, -0.25) is 19.0 Å². The van der Waals surface area contributed by atoms with Gasteiger partial charge in [0, 0.05) is 49.3 Å². The van der Waals surface area contributed by atoms with E-state index in [9.17, 15) is 19.2 Å². The van der Waals surface area contributed by atoms with Crippen LogP contribution < -0.4 is 16.6 Å². The molecule has 0 bridgehead atoms. The molecule has 0 atom stereocenters. The van der Waals surface area contributed by atoms with Gasteiger partial charge < -0.3 is 20.9 Å². The monoisotopic (exact) mass is 462 g/mol. The standard InChI is InChI=1S/C24H26N6O4/c1-3-16-4-7-18(19(12-16)27-23(33)17-5-6-17)20-13-21(31)30(15(2)26-20)14-22(32)28-8-10-29(11-9-28)24(25)34/h1,4,7,12-13,17H,5-6,8-11,14H2,2H3,(H2,25,34)(H,27,33). The molecule has 0 radical (unpaired) electrons. The lowest BCUT2D eigenvalue weighted by Crippen LogP contribution is -2.53. The molecular weight excluding hydrogens is 436 g/mol. The number of aryl methyl sites for hydroxylation is 1. The number of nitrogens with zero attached hydrogens (tertiary/aromatic N) is 4. The van der Waals surface area contributed by atoms with Crippen molar-refractivity contribution in [1.29, 1.82) is 0 Å². The molecule has 10 heteroatoms. The Bertz CT molecular complexity index is 1250. The van der Waals surface area contributed by atoms with Gasteiger partial charge in [0.15, 0.2) is 0 Å². The van der Waals surface area contributed by atoms with Crippen molar-refractivity contribution in [2.75, 3.05) is 31.5 Å². The minimum absolute atomic E-state index is 0.000824. The Kier molecular flexibility index (Phi) is 6.36. The van der Waals surface area contributed by atoms with E-state index >= 15 is 0 Å². The molecule has 1 saturated carbocycles. The molecule has 4 amide bonds. The Balaban J connectivity index is 1.55. The summed E-state index contributed by atoms with van der Waals surface area (Å²) >= 11 is 0. The maximum atomic E-state index is 12.9. The number of amides is 4. The largest absolute Gasteiger partial charge is 0.351 e. The molecule has 0 unspecified atom stereocenters. The van der Waals surface area contributed by atoms with E-state index in [1.165, 1.54) is 15.5 Å². The molecule has 1 aromatic heterocycles. The van der Waals surface area contributed by atoms with E-state index in [4.69, 9.17) is 12.2 Å². The van der Waals surface area contributed by atoms with Gasteiger partial charge in [0.25, 0.3) is 5.56 Å². The lowest BCUT2D eigenvalue weighted by molar-refractivity contribution is -0.133. The van der Waals surface area contributed by atoms with Gasteiger partial charge >= 0.3 is 6.03 Å². The number of hydrogen-bond donors (Lipinski definition) is 2. The van der Waals surface area contributed by atoms with E-state index in [2.05, 4.69) is 16.2 Å². The maximum absolute atomic E-state index is 12.9. The smallest absolute Gasteiger partial charge is 0.314 e. The second kappa shape index (κ2) is 9.39. The third-order valence-electron chi connectivity index (χ3n) is 6.10. The van der Waals surface area contributed by atoms with Gasteiger partial charge in [-0.05, 0) is 38.0 Å². The van der Waals surface area contributed by atoms with Crippen LogP contribution in [0.15, 0.2) is 29.1 Å². The van der Waals surface area contributed by atoms with Crippen LogP contribution in [0.3, 0.4) is 0 Å². The summed E-state index contributed by atoms with van der Waals surface area (Å²) in [5, 5.41) is 2.90. The highest BCUT2D eigenvalue weighted by molar-refractivity contribution is 5.97.